The van der Waals surface area contributed by atoms with Crippen LogP contribution < -0.4 is 0 Å². The van der Waals surface area contributed by atoms with Crippen molar-refractivity contribution in [1.29, 1.82) is 10.5 Å². The van der Waals surface area contributed by atoms with Crippen LogP contribution in [0.5, 0.6) is 0 Å². The van der Waals surface area contributed by atoms with Gasteiger partial charge in [-0.05, 0) is 28.8 Å². The van der Waals surface area contributed by atoms with E-state index < -0.39 is 0 Å². The molecule has 0 bridgehead atoms. The minimum Gasteiger partial charge on any atom is -0.192 e. The Kier molecular flexibility index (Phi) is 4.35. The van der Waals surface area contributed by atoms with Crippen molar-refractivity contribution in [2.45, 2.75) is 0 Å². The van der Waals surface area contributed by atoms with Gasteiger partial charge < -0.3 is 0 Å². The maximum atomic E-state index is 9.05. The summed E-state index contributed by atoms with van der Waals surface area (Å²) in [5, 5.41) is 21.6. The molecule has 0 radical (unpaired) electrons. The van der Waals surface area contributed by atoms with E-state index in [0.29, 0.717) is 11.3 Å². The number of hydrogen-bond donors (Lipinski definition) is 0. The first kappa shape index (κ1) is 13.9. The average Bonchev–Trinajstić information content (AvgIpc) is 2.54. The third-order valence-electron chi connectivity index (χ3n) is 2.82. The van der Waals surface area contributed by atoms with Crippen LogP contribution in [0.2, 0.25) is 0 Å². The molecule has 0 aliphatic heterocycles. The molecule has 0 unspecified atom stereocenters. The van der Waals surface area contributed by atoms with Crippen molar-refractivity contribution in [3.63, 3.8) is 0 Å². The Morgan fingerprint density at radius 2 is 1.67 bits per heavy atom. The molecule has 5 heteroatoms. The van der Waals surface area contributed by atoms with Crippen LogP contribution >= 0.6 is 0 Å². The van der Waals surface area contributed by atoms with Crippen LogP contribution in [-0.2, 0) is 0 Å². The van der Waals surface area contributed by atoms with E-state index in [2.05, 4.69) is 10.0 Å². The van der Waals surface area contributed by atoms with Crippen LogP contribution in [0, 0.1) is 22.7 Å². The van der Waals surface area contributed by atoms with Gasteiger partial charge in [-0.25, -0.2) is 0 Å². The first-order valence-electron chi connectivity index (χ1n) is 6.05. The molecule has 2 aromatic carbocycles. The van der Waals surface area contributed by atoms with Gasteiger partial charge in [-0.1, -0.05) is 47.6 Å². The molecular formula is C16H9N5. The number of nitriles is 2. The van der Waals surface area contributed by atoms with E-state index in [1.807, 2.05) is 48.5 Å². The standard InChI is InChI=1S/C16H9N5/c17-10-14-8-13(7-6-12-4-2-1-3-5-12)16(20-21-19)9-15(14)11-18/h1-9H/b7-6+. The molecule has 0 fully saturated rings. The molecule has 0 amide bonds. The number of benzene rings is 2. The maximum absolute atomic E-state index is 9.05. The highest BCUT2D eigenvalue weighted by Crippen LogP contribution is 2.26. The van der Waals surface area contributed by atoms with Crippen molar-refractivity contribution in [3.05, 3.63) is 75.2 Å². The van der Waals surface area contributed by atoms with Crippen molar-refractivity contribution >= 4 is 17.8 Å². The molecule has 0 aliphatic rings. The van der Waals surface area contributed by atoms with E-state index in [0.717, 1.165) is 5.56 Å². The van der Waals surface area contributed by atoms with Crippen LogP contribution in [0.25, 0.3) is 22.6 Å². The fraction of sp³-hybridized carbons (Fsp3) is 0. The minimum atomic E-state index is 0.191. The molecule has 0 atom stereocenters. The summed E-state index contributed by atoms with van der Waals surface area (Å²) in [4.78, 5) is 2.75. The van der Waals surface area contributed by atoms with Crippen molar-refractivity contribution in [1.82, 2.24) is 0 Å². The fourth-order valence-corrected chi connectivity index (χ4v) is 1.81. The topological polar surface area (TPSA) is 96.3 Å². The Bertz CT molecular complexity index is 816. The molecule has 0 spiro atoms. The highest BCUT2D eigenvalue weighted by atomic mass is 15.1. The zero-order valence-electron chi connectivity index (χ0n) is 10.9. The van der Waals surface area contributed by atoms with Crippen molar-refractivity contribution < 1.29 is 0 Å². The molecule has 21 heavy (non-hydrogen) atoms. The van der Waals surface area contributed by atoms with Crippen LogP contribution in [0.4, 0.5) is 5.69 Å². The van der Waals surface area contributed by atoms with E-state index in [9.17, 15) is 0 Å². The summed E-state index contributed by atoms with van der Waals surface area (Å²) in [7, 11) is 0. The van der Waals surface area contributed by atoms with Gasteiger partial charge in [-0.3, -0.25) is 0 Å². The van der Waals surface area contributed by atoms with Crippen LogP contribution in [-0.4, -0.2) is 0 Å². The van der Waals surface area contributed by atoms with Crippen LogP contribution in [0.1, 0.15) is 22.3 Å². The van der Waals surface area contributed by atoms with Crippen LogP contribution in [0.15, 0.2) is 47.6 Å². The SMILES string of the molecule is N#Cc1cc(/C=C/c2ccccc2)c(N=[N+]=[N-])cc1C#N. The molecule has 0 heterocycles. The highest BCUT2D eigenvalue weighted by Gasteiger charge is 2.07. The lowest BCUT2D eigenvalue weighted by atomic mass is 10.0. The van der Waals surface area contributed by atoms with Gasteiger partial charge in [0.25, 0.3) is 0 Å². The first-order chi connectivity index (χ1) is 10.3. The van der Waals surface area contributed by atoms with Gasteiger partial charge in [-0.2, -0.15) is 10.5 Å². The smallest absolute Gasteiger partial charge is 0.101 e. The lowest BCUT2D eigenvalue weighted by Crippen LogP contribution is -1.86. The monoisotopic (exact) mass is 271 g/mol. The Morgan fingerprint density at radius 3 is 2.29 bits per heavy atom. The third-order valence-corrected chi connectivity index (χ3v) is 2.82. The normalized spacial score (nSPS) is 9.62. The second-order valence-corrected chi connectivity index (χ2v) is 4.11. The van der Waals surface area contributed by atoms with E-state index in [-0.39, 0.29) is 11.1 Å². The van der Waals surface area contributed by atoms with Gasteiger partial charge in [0, 0.05) is 10.6 Å². The molecule has 0 saturated heterocycles. The zero-order chi connectivity index (χ0) is 15.1. The summed E-state index contributed by atoms with van der Waals surface area (Å²) in [5.41, 5.74) is 10.9. The highest BCUT2D eigenvalue weighted by molar-refractivity contribution is 5.77. The summed E-state index contributed by atoms with van der Waals surface area (Å²) in [6.07, 6.45) is 3.60. The molecular weight excluding hydrogens is 262 g/mol. The van der Waals surface area contributed by atoms with E-state index in [1.165, 1.54) is 6.07 Å². The summed E-state index contributed by atoms with van der Waals surface area (Å²) >= 11 is 0. The Hall–Kier alpha value is -3.53. The minimum absolute atomic E-state index is 0.191. The Labute approximate surface area is 121 Å². The predicted octanol–water partition coefficient (Wildman–Crippen LogP) is 4.54. The molecule has 0 saturated carbocycles. The number of azide groups is 1. The predicted molar refractivity (Wildman–Crippen MR) is 80.0 cm³/mol. The molecule has 5 nitrogen and oxygen atoms in total. The summed E-state index contributed by atoms with van der Waals surface area (Å²) in [6.45, 7) is 0. The lowest BCUT2D eigenvalue weighted by Gasteiger charge is -2.03. The lowest BCUT2D eigenvalue weighted by molar-refractivity contribution is 1.39. The second kappa shape index (κ2) is 6.58. The molecule has 2 aromatic rings. The molecule has 98 valence electrons. The van der Waals surface area contributed by atoms with Gasteiger partial charge >= 0.3 is 0 Å². The van der Waals surface area contributed by atoms with Crippen molar-refractivity contribution in [2.75, 3.05) is 0 Å². The maximum Gasteiger partial charge on any atom is 0.101 e. The quantitative estimate of drug-likeness (QED) is 0.354. The van der Waals surface area contributed by atoms with Gasteiger partial charge in [0.1, 0.15) is 12.1 Å². The van der Waals surface area contributed by atoms with Gasteiger partial charge in [0.15, 0.2) is 0 Å². The zero-order valence-corrected chi connectivity index (χ0v) is 10.9. The van der Waals surface area contributed by atoms with Crippen molar-refractivity contribution in [2.24, 2.45) is 5.11 Å². The van der Waals surface area contributed by atoms with Gasteiger partial charge in [0.05, 0.1) is 11.1 Å². The summed E-state index contributed by atoms with van der Waals surface area (Å²) in [5.74, 6) is 0. The second-order valence-electron chi connectivity index (χ2n) is 4.11. The molecule has 2 rings (SSSR count). The first-order valence-corrected chi connectivity index (χ1v) is 6.05. The molecule has 0 aliphatic carbocycles. The average molecular weight is 271 g/mol. The van der Waals surface area contributed by atoms with Crippen LogP contribution in [0.3, 0.4) is 0 Å². The number of hydrogen-bond acceptors (Lipinski definition) is 3. The van der Waals surface area contributed by atoms with Gasteiger partial charge in [0.2, 0.25) is 0 Å². The largest absolute Gasteiger partial charge is 0.192 e. The van der Waals surface area contributed by atoms with Crippen molar-refractivity contribution in [3.8, 4) is 12.1 Å². The van der Waals surface area contributed by atoms with E-state index in [1.54, 1.807) is 12.1 Å². The van der Waals surface area contributed by atoms with Gasteiger partial charge in [-0.15, -0.1) is 0 Å². The Balaban J connectivity index is 2.52. The number of nitrogens with zero attached hydrogens (tertiary/aromatic N) is 5. The number of rotatable bonds is 3. The molecule has 0 aromatic heterocycles. The van der Waals surface area contributed by atoms with E-state index in [4.69, 9.17) is 16.1 Å². The fourth-order valence-electron chi connectivity index (χ4n) is 1.81. The third kappa shape index (κ3) is 3.27. The van der Waals surface area contributed by atoms with E-state index >= 15 is 0 Å². The summed E-state index contributed by atoms with van der Waals surface area (Å²) < 4.78 is 0. The summed E-state index contributed by atoms with van der Waals surface area (Å²) in [6, 6.07) is 16.4. The Morgan fingerprint density at radius 1 is 1.00 bits per heavy atom. The molecule has 0 N–H and O–H groups in total.